The van der Waals surface area contributed by atoms with Crippen LogP contribution in [0.4, 0.5) is 0 Å². The minimum atomic E-state index is -4.36. The number of unbranched alkanes of at least 4 members (excludes halogenated alkanes) is 11. The van der Waals surface area contributed by atoms with Crippen LogP contribution in [0.25, 0.3) is 0 Å². The summed E-state index contributed by atoms with van der Waals surface area (Å²) in [6, 6.07) is 0. The van der Waals surface area contributed by atoms with E-state index in [1.807, 2.05) is 51.5 Å². The number of esters is 2. The lowest BCUT2D eigenvalue weighted by Crippen LogP contribution is -2.37. The van der Waals surface area contributed by atoms with Gasteiger partial charge in [-0.25, -0.2) is 4.57 Å². The molecule has 0 aliphatic rings. The highest BCUT2D eigenvalue weighted by molar-refractivity contribution is 7.47. The van der Waals surface area contributed by atoms with E-state index < -0.39 is 32.5 Å². The van der Waals surface area contributed by atoms with Gasteiger partial charge in [-0.05, 0) is 32.1 Å². The summed E-state index contributed by atoms with van der Waals surface area (Å²) in [7, 11) is 1.45. The Kier molecular flexibility index (Phi) is 27.8. The molecule has 0 heterocycles. The fraction of sp³-hybridized carbons (Fsp3) is 0.722. The maximum Gasteiger partial charge on any atom is 0.472 e. The molecule has 0 saturated heterocycles. The van der Waals surface area contributed by atoms with Crippen molar-refractivity contribution in [2.45, 2.75) is 123 Å². The van der Waals surface area contributed by atoms with Gasteiger partial charge >= 0.3 is 19.8 Å². The molecule has 1 N–H and O–H groups in total. The van der Waals surface area contributed by atoms with E-state index in [2.05, 4.69) is 32.1 Å². The molecule has 0 aromatic carbocycles. The predicted octanol–water partition coefficient (Wildman–Crippen LogP) is 8.79. The smallest absolute Gasteiger partial charge is 0.462 e. The number of quaternary nitrogens is 1. The Morgan fingerprint density at radius 1 is 0.696 bits per heavy atom. The highest BCUT2D eigenvalue weighted by Crippen LogP contribution is 2.43. The zero-order chi connectivity index (χ0) is 34.4. The summed E-state index contributed by atoms with van der Waals surface area (Å²) in [6.45, 7) is 4.16. The highest BCUT2D eigenvalue weighted by Gasteiger charge is 2.27. The second-order valence-electron chi connectivity index (χ2n) is 12.6. The van der Waals surface area contributed by atoms with Crippen LogP contribution in [0.2, 0.25) is 0 Å². The van der Waals surface area contributed by atoms with Crippen molar-refractivity contribution < 1.29 is 42.1 Å². The van der Waals surface area contributed by atoms with E-state index in [1.165, 1.54) is 19.3 Å². The molecule has 0 rings (SSSR count). The van der Waals surface area contributed by atoms with E-state index in [4.69, 9.17) is 18.5 Å². The number of nitrogens with zero attached hydrogens (tertiary/aromatic N) is 1. The number of phosphoric acid groups is 1. The molecule has 0 aromatic heterocycles. The van der Waals surface area contributed by atoms with Gasteiger partial charge < -0.3 is 18.9 Å². The lowest BCUT2D eigenvalue weighted by atomic mass is 10.1. The number of hydrogen-bond donors (Lipinski definition) is 1. The zero-order valence-electron chi connectivity index (χ0n) is 29.5. The molecule has 0 aliphatic carbocycles. The monoisotopic (exact) mass is 670 g/mol. The number of rotatable bonds is 30. The number of allylic oxidation sites excluding steroid dienone is 8. The van der Waals surface area contributed by atoms with Gasteiger partial charge in [-0.1, -0.05) is 120 Å². The van der Waals surface area contributed by atoms with Gasteiger partial charge in [-0.15, -0.1) is 0 Å². The lowest BCUT2D eigenvalue weighted by Gasteiger charge is -2.24. The van der Waals surface area contributed by atoms with Crippen molar-refractivity contribution in [2.75, 3.05) is 47.5 Å². The molecule has 0 aliphatic heterocycles. The van der Waals surface area contributed by atoms with Crippen LogP contribution in [0.5, 0.6) is 0 Å². The van der Waals surface area contributed by atoms with Crippen LogP contribution in [-0.4, -0.2) is 74.9 Å². The second-order valence-corrected chi connectivity index (χ2v) is 14.1. The van der Waals surface area contributed by atoms with Crippen molar-refractivity contribution >= 4 is 19.8 Å². The Hall–Kier alpha value is -2.03. The first-order valence-corrected chi connectivity index (χ1v) is 18.9. The molecule has 0 radical (unpaired) electrons. The predicted molar refractivity (Wildman–Crippen MR) is 187 cm³/mol. The molecule has 1 unspecified atom stereocenters. The summed E-state index contributed by atoms with van der Waals surface area (Å²) in [6.07, 6.45) is 30.4. The van der Waals surface area contributed by atoms with Gasteiger partial charge in [0.05, 0.1) is 27.7 Å². The lowest BCUT2D eigenvalue weighted by molar-refractivity contribution is -0.870. The first kappa shape index (κ1) is 44.0. The highest BCUT2D eigenvalue weighted by atomic mass is 31.2. The Balaban J connectivity index is 4.47. The van der Waals surface area contributed by atoms with Crippen molar-refractivity contribution in [3.05, 3.63) is 48.6 Å². The summed E-state index contributed by atoms with van der Waals surface area (Å²) in [5.74, 6) is -0.840. The maximum absolute atomic E-state index is 12.5. The van der Waals surface area contributed by atoms with Crippen molar-refractivity contribution in [1.82, 2.24) is 0 Å². The largest absolute Gasteiger partial charge is 0.472 e. The average Bonchev–Trinajstić information content (AvgIpc) is 2.99. The minimum Gasteiger partial charge on any atom is -0.462 e. The van der Waals surface area contributed by atoms with Crippen LogP contribution in [0.15, 0.2) is 48.6 Å². The average molecular weight is 671 g/mol. The first-order chi connectivity index (χ1) is 22.0. The first-order valence-electron chi connectivity index (χ1n) is 17.4. The number of hydrogen-bond acceptors (Lipinski definition) is 7. The Morgan fingerprint density at radius 3 is 1.85 bits per heavy atom. The minimum absolute atomic E-state index is 0.0261. The number of ether oxygens (including phenoxy) is 2. The van der Waals surface area contributed by atoms with Gasteiger partial charge in [0.2, 0.25) is 0 Å². The van der Waals surface area contributed by atoms with Crippen LogP contribution in [-0.2, 0) is 32.7 Å². The molecule has 0 amide bonds. The van der Waals surface area contributed by atoms with Gasteiger partial charge in [-0.3, -0.25) is 18.6 Å². The molecule has 0 saturated carbocycles. The maximum atomic E-state index is 12.5. The number of likely N-dealkylation sites (N-methyl/N-ethyl adjacent to an activating group) is 1. The topological polar surface area (TPSA) is 108 Å². The standard InChI is InChI=1S/C36H64NO8P/c1-6-8-10-12-14-15-16-17-18-19-20-21-23-24-26-28-35(38)42-32-34(33-44-46(40,41)43-31-30-37(3,4)5)45-36(39)29-27-25-22-13-11-9-7-2/h8,10,12,14-18,34H,6-7,9,11,13,19-33H2,1-5H3/p+1/b10-8+,14-12+,16-15+,18-17+/t34-/m0/s1. The van der Waals surface area contributed by atoms with E-state index in [0.29, 0.717) is 23.9 Å². The molecule has 10 heteroatoms. The van der Waals surface area contributed by atoms with Crippen molar-refractivity contribution in [1.29, 1.82) is 0 Å². The van der Waals surface area contributed by atoms with Crippen LogP contribution >= 0.6 is 7.82 Å². The third-order valence-corrected chi connectivity index (χ3v) is 7.95. The molecule has 0 aromatic rings. The molecular formula is C36H65NO8P+. The molecule has 9 nitrogen and oxygen atoms in total. The molecule has 2 atom stereocenters. The SMILES string of the molecule is CC/C=C/C=C/C=C/C=C/CCCCCCCC(=O)OC[C@@H](COP(=O)(O)OCC[N+](C)(C)C)OC(=O)CCCCCCCCC. The third kappa shape index (κ3) is 31.9. The van der Waals surface area contributed by atoms with Gasteiger partial charge in [-0.2, -0.15) is 0 Å². The van der Waals surface area contributed by atoms with Crippen LogP contribution in [0.1, 0.15) is 117 Å². The van der Waals surface area contributed by atoms with E-state index >= 15 is 0 Å². The molecule has 0 fully saturated rings. The number of carbonyl (C=O) groups excluding carboxylic acids is 2. The fourth-order valence-electron chi connectivity index (χ4n) is 4.20. The molecule has 266 valence electrons. The third-order valence-electron chi connectivity index (χ3n) is 6.97. The van der Waals surface area contributed by atoms with Gasteiger partial charge in [0.1, 0.15) is 19.8 Å². The Morgan fingerprint density at radius 2 is 1.24 bits per heavy atom. The normalized spacial score (nSPS) is 14.5. The zero-order valence-corrected chi connectivity index (χ0v) is 30.4. The van der Waals surface area contributed by atoms with E-state index in [0.717, 1.165) is 57.8 Å². The van der Waals surface area contributed by atoms with Gasteiger partial charge in [0.25, 0.3) is 0 Å². The van der Waals surface area contributed by atoms with E-state index in [9.17, 15) is 19.0 Å². The Bertz CT molecular complexity index is 939. The van der Waals surface area contributed by atoms with Gasteiger partial charge in [0.15, 0.2) is 6.10 Å². The molecule has 0 bridgehead atoms. The molecular weight excluding hydrogens is 605 g/mol. The van der Waals surface area contributed by atoms with Crippen molar-refractivity contribution in [2.24, 2.45) is 0 Å². The fourth-order valence-corrected chi connectivity index (χ4v) is 4.94. The summed E-state index contributed by atoms with van der Waals surface area (Å²) >= 11 is 0. The Labute approximate surface area is 280 Å². The van der Waals surface area contributed by atoms with Crippen LogP contribution in [0.3, 0.4) is 0 Å². The number of phosphoric ester groups is 1. The van der Waals surface area contributed by atoms with Crippen molar-refractivity contribution in [3.63, 3.8) is 0 Å². The quantitative estimate of drug-likeness (QED) is 0.0266. The summed E-state index contributed by atoms with van der Waals surface area (Å²) in [5.41, 5.74) is 0. The van der Waals surface area contributed by atoms with Gasteiger partial charge in [0, 0.05) is 12.8 Å². The summed E-state index contributed by atoms with van der Waals surface area (Å²) < 4.78 is 33.9. The van der Waals surface area contributed by atoms with Crippen molar-refractivity contribution in [3.8, 4) is 0 Å². The molecule has 46 heavy (non-hydrogen) atoms. The number of carbonyl (C=O) groups is 2. The van der Waals surface area contributed by atoms with E-state index in [-0.39, 0.29) is 26.1 Å². The van der Waals surface area contributed by atoms with E-state index in [1.54, 1.807) is 0 Å². The molecule has 0 spiro atoms. The summed E-state index contributed by atoms with van der Waals surface area (Å²) in [4.78, 5) is 34.9. The van der Waals surface area contributed by atoms with Crippen LogP contribution in [0, 0.1) is 0 Å². The second kappa shape index (κ2) is 29.1. The summed E-state index contributed by atoms with van der Waals surface area (Å²) in [5, 5.41) is 0. The van der Waals surface area contributed by atoms with Crippen LogP contribution < -0.4 is 0 Å².